The van der Waals surface area contributed by atoms with Gasteiger partial charge in [0.15, 0.2) is 18.2 Å². The van der Waals surface area contributed by atoms with E-state index >= 15 is 0 Å². The lowest BCUT2D eigenvalue weighted by Crippen LogP contribution is -2.15. The number of hydrogen-bond donors (Lipinski definition) is 0. The van der Waals surface area contributed by atoms with Gasteiger partial charge in [-0.3, -0.25) is 14.4 Å². The first-order chi connectivity index (χ1) is 12.6. The Morgan fingerprint density at radius 1 is 0.654 bits per heavy atom. The number of carbonyl (C=O) groups excluding carboxylic acids is 3. The minimum atomic E-state index is -0.552. The lowest BCUT2D eigenvalue weighted by Gasteiger charge is -2.06. The first-order valence-electron chi connectivity index (χ1n) is 8.39. The molecule has 0 bridgehead atoms. The highest BCUT2D eigenvalue weighted by molar-refractivity contribution is 6.01. The summed E-state index contributed by atoms with van der Waals surface area (Å²) in [6.07, 6.45) is 0.0196. The van der Waals surface area contributed by atoms with Crippen molar-refractivity contribution < 1.29 is 19.1 Å². The molecule has 3 rings (SSSR count). The van der Waals surface area contributed by atoms with E-state index in [0.29, 0.717) is 11.1 Å². The second kappa shape index (κ2) is 8.21. The molecule has 0 aromatic heterocycles. The van der Waals surface area contributed by atoms with Crippen LogP contribution in [0.1, 0.15) is 33.6 Å². The molecule has 3 aromatic carbocycles. The second-order valence-corrected chi connectivity index (χ2v) is 5.93. The molecule has 26 heavy (non-hydrogen) atoms. The second-order valence-electron chi connectivity index (χ2n) is 5.93. The van der Waals surface area contributed by atoms with E-state index in [9.17, 15) is 14.4 Å². The molecule has 0 aliphatic heterocycles. The van der Waals surface area contributed by atoms with Crippen molar-refractivity contribution in [2.45, 2.75) is 12.8 Å². The van der Waals surface area contributed by atoms with Crippen molar-refractivity contribution in [3.05, 3.63) is 83.9 Å². The molecule has 130 valence electrons. The molecule has 0 saturated heterocycles. The summed E-state index contributed by atoms with van der Waals surface area (Å²) in [5.41, 5.74) is 1.06. The van der Waals surface area contributed by atoms with E-state index in [-0.39, 0.29) is 31.0 Å². The molecule has 3 aromatic rings. The predicted molar refractivity (Wildman–Crippen MR) is 99.2 cm³/mol. The summed E-state index contributed by atoms with van der Waals surface area (Å²) in [4.78, 5) is 36.0. The summed E-state index contributed by atoms with van der Waals surface area (Å²) in [5, 5.41) is 2.00. The van der Waals surface area contributed by atoms with Crippen molar-refractivity contribution in [1.29, 1.82) is 0 Å². The zero-order valence-electron chi connectivity index (χ0n) is 14.2. The number of ether oxygens (including phenoxy) is 1. The molecule has 0 N–H and O–H groups in total. The normalized spacial score (nSPS) is 10.5. The Kier molecular flexibility index (Phi) is 5.54. The van der Waals surface area contributed by atoms with Crippen LogP contribution in [0.3, 0.4) is 0 Å². The van der Waals surface area contributed by atoms with Gasteiger partial charge in [0.05, 0.1) is 6.42 Å². The van der Waals surface area contributed by atoms with Gasteiger partial charge in [0, 0.05) is 17.5 Å². The molecule has 0 spiro atoms. The summed E-state index contributed by atoms with van der Waals surface area (Å²) in [5.74, 6) is -0.940. The van der Waals surface area contributed by atoms with E-state index in [0.717, 1.165) is 10.8 Å². The smallest absolute Gasteiger partial charge is 0.306 e. The Hall–Kier alpha value is -3.27. The summed E-state index contributed by atoms with van der Waals surface area (Å²) in [6.45, 7) is -0.323. The van der Waals surface area contributed by atoms with Crippen LogP contribution in [-0.4, -0.2) is 24.1 Å². The number of hydrogen-bond acceptors (Lipinski definition) is 4. The SMILES string of the molecule is O=C(CCC(=O)c1ccccc1)OCC(=O)c1ccc2ccccc2c1. The minimum absolute atomic E-state index is 0.0429. The summed E-state index contributed by atoms with van der Waals surface area (Å²) < 4.78 is 5.02. The first-order valence-corrected chi connectivity index (χ1v) is 8.39. The molecule has 0 fully saturated rings. The van der Waals surface area contributed by atoms with Crippen LogP contribution in [0.2, 0.25) is 0 Å². The largest absolute Gasteiger partial charge is 0.457 e. The standard InChI is InChI=1S/C22H18O4/c23-20(17-7-2-1-3-8-17)12-13-22(25)26-15-21(24)19-11-10-16-6-4-5-9-18(16)14-19/h1-11,14H,12-13,15H2. The van der Waals surface area contributed by atoms with Gasteiger partial charge in [-0.1, -0.05) is 66.7 Å². The van der Waals surface area contributed by atoms with Crippen LogP contribution in [0.5, 0.6) is 0 Å². The number of Topliss-reactive ketones (excluding diaryl/α,β-unsaturated/α-hetero) is 2. The molecule has 0 unspecified atom stereocenters. The highest BCUT2D eigenvalue weighted by Crippen LogP contribution is 2.16. The van der Waals surface area contributed by atoms with Crippen molar-refractivity contribution in [2.24, 2.45) is 0 Å². The van der Waals surface area contributed by atoms with Crippen molar-refractivity contribution >= 4 is 28.3 Å². The molecule has 0 atom stereocenters. The van der Waals surface area contributed by atoms with Crippen molar-refractivity contribution in [2.75, 3.05) is 6.61 Å². The highest BCUT2D eigenvalue weighted by atomic mass is 16.5. The van der Waals surface area contributed by atoms with E-state index < -0.39 is 5.97 Å². The molecule has 0 radical (unpaired) electrons. The fourth-order valence-corrected chi connectivity index (χ4v) is 2.65. The highest BCUT2D eigenvalue weighted by Gasteiger charge is 2.13. The molecular weight excluding hydrogens is 328 g/mol. The predicted octanol–water partition coefficient (Wildman–Crippen LogP) is 4.23. The fraction of sp³-hybridized carbons (Fsp3) is 0.136. The maximum absolute atomic E-state index is 12.2. The Morgan fingerprint density at radius 3 is 2.12 bits per heavy atom. The Labute approximate surface area is 151 Å². The van der Waals surface area contributed by atoms with Crippen LogP contribution in [0.25, 0.3) is 10.8 Å². The van der Waals surface area contributed by atoms with E-state index in [1.807, 2.05) is 36.4 Å². The number of fused-ring (bicyclic) bond motifs is 1. The van der Waals surface area contributed by atoms with E-state index in [1.165, 1.54) is 0 Å². The molecule has 0 heterocycles. The molecule has 4 nitrogen and oxygen atoms in total. The van der Waals surface area contributed by atoms with Crippen LogP contribution in [0, 0.1) is 0 Å². The third-order valence-corrected chi connectivity index (χ3v) is 4.09. The average Bonchev–Trinajstić information content (AvgIpc) is 2.70. The molecule has 4 heteroatoms. The number of rotatable bonds is 7. The van der Waals surface area contributed by atoms with Gasteiger partial charge >= 0.3 is 5.97 Å². The summed E-state index contributed by atoms with van der Waals surface area (Å²) in [6, 6.07) is 21.9. The number of benzene rings is 3. The van der Waals surface area contributed by atoms with Crippen molar-refractivity contribution in [3.63, 3.8) is 0 Å². The maximum atomic E-state index is 12.2. The maximum Gasteiger partial charge on any atom is 0.306 e. The topological polar surface area (TPSA) is 60.4 Å². The van der Waals surface area contributed by atoms with E-state index in [1.54, 1.807) is 36.4 Å². The number of carbonyl (C=O) groups is 3. The Morgan fingerprint density at radius 2 is 1.35 bits per heavy atom. The number of ketones is 2. The molecular formula is C22H18O4. The fourth-order valence-electron chi connectivity index (χ4n) is 2.65. The van der Waals surface area contributed by atoms with Gasteiger partial charge in [-0.2, -0.15) is 0 Å². The van der Waals surface area contributed by atoms with Gasteiger partial charge in [-0.15, -0.1) is 0 Å². The first kappa shape index (κ1) is 17.5. The average molecular weight is 346 g/mol. The summed E-state index contributed by atoms with van der Waals surface area (Å²) >= 11 is 0. The van der Waals surface area contributed by atoms with Gasteiger partial charge in [-0.05, 0) is 16.8 Å². The third-order valence-electron chi connectivity index (χ3n) is 4.09. The summed E-state index contributed by atoms with van der Waals surface area (Å²) in [7, 11) is 0. The monoisotopic (exact) mass is 346 g/mol. The molecule has 0 saturated carbocycles. The van der Waals surface area contributed by atoms with Gasteiger partial charge in [-0.25, -0.2) is 0 Å². The number of esters is 1. The molecule has 0 aliphatic rings. The van der Waals surface area contributed by atoms with Gasteiger partial charge in [0.25, 0.3) is 0 Å². The van der Waals surface area contributed by atoms with E-state index in [4.69, 9.17) is 4.74 Å². The van der Waals surface area contributed by atoms with E-state index in [2.05, 4.69) is 0 Å². The van der Waals surface area contributed by atoms with Crippen LogP contribution < -0.4 is 0 Å². The van der Waals surface area contributed by atoms with Crippen LogP contribution in [0.4, 0.5) is 0 Å². The zero-order chi connectivity index (χ0) is 18.4. The lowest BCUT2D eigenvalue weighted by molar-refractivity contribution is -0.142. The lowest BCUT2D eigenvalue weighted by atomic mass is 10.0. The molecule has 0 aliphatic carbocycles. The van der Waals surface area contributed by atoms with Gasteiger partial charge in [0.2, 0.25) is 0 Å². The Balaban J connectivity index is 1.50. The van der Waals surface area contributed by atoms with Gasteiger partial charge < -0.3 is 4.74 Å². The van der Waals surface area contributed by atoms with Crippen molar-refractivity contribution in [1.82, 2.24) is 0 Å². The van der Waals surface area contributed by atoms with Crippen LogP contribution in [0.15, 0.2) is 72.8 Å². The molecule has 0 amide bonds. The zero-order valence-corrected chi connectivity index (χ0v) is 14.2. The quantitative estimate of drug-likeness (QED) is 0.474. The van der Waals surface area contributed by atoms with Crippen LogP contribution in [-0.2, 0) is 9.53 Å². The van der Waals surface area contributed by atoms with Gasteiger partial charge in [0.1, 0.15) is 0 Å². The Bertz CT molecular complexity index is 945. The minimum Gasteiger partial charge on any atom is -0.457 e. The van der Waals surface area contributed by atoms with Crippen LogP contribution >= 0.6 is 0 Å². The van der Waals surface area contributed by atoms with Crippen molar-refractivity contribution in [3.8, 4) is 0 Å². The third kappa shape index (κ3) is 4.42.